The molecule has 0 atom stereocenters. The highest BCUT2D eigenvalue weighted by atomic mass is 16.5. The zero-order chi connectivity index (χ0) is 13.1. The molecule has 0 N–H and O–H groups in total. The molecular formula is C14H14N2O2. The normalized spacial score (nSPS) is 10.2. The molecule has 0 spiro atoms. The van der Waals surface area contributed by atoms with E-state index >= 15 is 0 Å². The first kappa shape index (κ1) is 12.2. The number of methoxy groups -OCH3 is 1. The lowest BCUT2D eigenvalue weighted by molar-refractivity contribution is 0.103. The number of nitrogens with zero attached hydrogens (tertiary/aromatic N) is 2. The second-order valence-electron chi connectivity index (χ2n) is 4.04. The first-order valence-corrected chi connectivity index (χ1v) is 5.61. The summed E-state index contributed by atoms with van der Waals surface area (Å²) in [6.45, 7) is 3.60. The molecule has 0 aliphatic carbocycles. The van der Waals surface area contributed by atoms with Gasteiger partial charge in [0, 0.05) is 11.1 Å². The van der Waals surface area contributed by atoms with Gasteiger partial charge in [-0.1, -0.05) is 0 Å². The van der Waals surface area contributed by atoms with Gasteiger partial charge >= 0.3 is 0 Å². The molecule has 0 saturated heterocycles. The Morgan fingerprint density at radius 2 is 1.78 bits per heavy atom. The molecule has 2 aromatic rings. The van der Waals surface area contributed by atoms with Crippen molar-refractivity contribution in [2.24, 2.45) is 0 Å². The van der Waals surface area contributed by atoms with Gasteiger partial charge in [0.2, 0.25) is 0 Å². The van der Waals surface area contributed by atoms with Gasteiger partial charge in [-0.2, -0.15) is 10.2 Å². The van der Waals surface area contributed by atoms with Crippen molar-refractivity contribution in [1.82, 2.24) is 10.2 Å². The number of carbonyl (C=O) groups excluding carboxylic acids is 1. The lowest BCUT2D eigenvalue weighted by Crippen LogP contribution is -2.07. The largest absolute Gasteiger partial charge is 0.497 e. The first-order valence-electron chi connectivity index (χ1n) is 5.61. The molecule has 1 heterocycles. The van der Waals surface area contributed by atoms with Crippen LogP contribution < -0.4 is 4.74 Å². The third-order valence-corrected chi connectivity index (χ3v) is 2.70. The van der Waals surface area contributed by atoms with E-state index in [9.17, 15) is 4.79 Å². The molecule has 0 fully saturated rings. The van der Waals surface area contributed by atoms with Crippen LogP contribution in [0.25, 0.3) is 0 Å². The third kappa shape index (κ3) is 2.37. The minimum Gasteiger partial charge on any atom is -0.497 e. The maximum absolute atomic E-state index is 12.3. The lowest BCUT2D eigenvalue weighted by Gasteiger charge is -2.05. The highest BCUT2D eigenvalue weighted by Gasteiger charge is 2.13. The molecule has 18 heavy (non-hydrogen) atoms. The lowest BCUT2D eigenvalue weighted by atomic mass is 10.0. The van der Waals surface area contributed by atoms with Crippen molar-refractivity contribution >= 4 is 5.78 Å². The Hall–Kier alpha value is -2.23. The minimum atomic E-state index is -0.0480. The van der Waals surface area contributed by atoms with E-state index in [4.69, 9.17) is 4.74 Å². The van der Waals surface area contributed by atoms with Gasteiger partial charge in [-0.15, -0.1) is 0 Å². The van der Waals surface area contributed by atoms with Gasteiger partial charge in [0.1, 0.15) is 5.75 Å². The maximum Gasteiger partial charge on any atom is 0.194 e. The molecule has 0 radical (unpaired) electrons. The molecule has 1 aromatic carbocycles. The van der Waals surface area contributed by atoms with Crippen LogP contribution in [-0.2, 0) is 0 Å². The summed E-state index contributed by atoms with van der Waals surface area (Å²) in [5, 5.41) is 7.88. The van der Waals surface area contributed by atoms with Crippen molar-refractivity contribution < 1.29 is 9.53 Å². The number of hydrogen-bond acceptors (Lipinski definition) is 4. The number of ketones is 1. The third-order valence-electron chi connectivity index (χ3n) is 2.70. The average Bonchev–Trinajstić information content (AvgIpc) is 2.41. The van der Waals surface area contributed by atoms with Crippen molar-refractivity contribution in [1.29, 1.82) is 0 Å². The summed E-state index contributed by atoms with van der Waals surface area (Å²) in [6, 6.07) is 8.79. The van der Waals surface area contributed by atoms with Crippen LogP contribution in [0.15, 0.2) is 30.3 Å². The Kier molecular flexibility index (Phi) is 3.37. The van der Waals surface area contributed by atoms with Gasteiger partial charge in [0.25, 0.3) is 0 Å². The van der Waals surface area contributed by atoms with Crippen molar-refractivity contribution in [3.8, 4) is 5.75 Å². The average molecular weight is 242 g/mol. The number of hydrogen-bond donors (Lipinski definition) is 0. The predicted molar refractivity (Wildman–Crippen MR) is 67.9 cm³/mol. The van der Waals surface area contributed by atoms with Crippen molar-refractivity contribution in [2.45, 2.75) is 13.8 Å². The van der Waals surface area contributed by atoms with Gasteiger partial charge < -0.3 is 4.74 Å². The van der Waals surface area contributed by atoms with E-state index < -0.39 is 0 Å². The second kappa shape index (κ2) is 4.96. The van der Waals surface area contributed by atoms with Gasteiger partial charge in [0.05, 0.1) is 18.5 Å². The van der Waals surface area contributed by atoms with E-state index in [0.29, 0.717) is 16.8 Å². The number of benzene rings is 1. The number of carbonyl (C=O) groups is 1. The monoisotopic (exact) mass is 242 g/mol. The van der Waals surface area contributed by atoms with Crippen LogP contribution in [0, 0.1) is 13.8 Å². The summed E-state index contributed by atoms with van der Waals surface area (Å²) >= 11 is 0. The van der Waals surface area contributed by atoms with Gasteiger partial charge in [-0.05, 0) is 44.2 Å². The fourth-order valence-electron chi connectivity index (χ4n) is 1.68. The van der Waals surface area contributed by atoms with Crippen LogP contribution >= 0.6 is 0 Å². The quantitative estimate of drug-likeness (QED) is 0.775. The van der Waals surface area contributed by atoms with Crippen molar-refractivity contribution in [3.63, 3.8) is 0 Å². The smallest absolute Gasteiger partial charge is 0.194 e. The molecule has 0 saturated carbocycles. The minimum absolute atomic E-state index is 0.0480. The first-order chi connectivity index (χ1) is 8.61. The molecule has 0 unspecified atom stereocenters. The molecule has 1 aromatic heterocycles. The molecule has 0 bridgehead atoms. The zero-order valence-electron chi connectivity index (χ0n) is 10.6. The highest BCUT2D eigenvalue weighted by Crippen LogP contribution is 2.16. The summed E-state index contributed by atoms with van der Waals surface area (Å²) in [4.78, 5) is 12.3. The molecule has 0 aliphatic rings. The van der Waals surface area contributed by atoms with Crippen LogP contribution in [0.4, 0.5) is 0 Å². The van der Waals surface area contributed by atoms with Gasteiger partial charge in [-0.3, -0.25) is 4.79 Å². The van der Waals surface area contributed by atoms with E-state index in [0.717, 1.165) is 11.4 Å². The van der Waals surface area contributed by atoms with Crippen LogP contribution in [0.5, 0.6) is 5.75 Å². The predicted octanol–water partition coefficient (Wildman–Crippen LogP) is 2.33. The second-order valence-corrected chi connectivity index (χ2v) is 4.04. The van der Waals surface area contributed by atoms with E-state index in [2.05, 4.69) is 10.2 Å². The molecule has 4 heteroatoms. The summed E-state index contributed by atoms with van der Waals surface area (Å²) in [5.41, 5.74) is 2.58. The van der Waals surface area contributed by atoms with E-state index in [1.165, 1.54) is 0 Å². The summed E-state index contributed by atoms with van der Waals surface area (Å²) in [7, 11) is 1.59. The Labute approximate surface area is 106 Å². The summed E-state index contributed by atoms with van der Waals surface area (Å²) in [6.07, 6.45) is 0. The Balaban J connectivity index is 2.38. The summed E-state index contributed by atoms with van der Waals surface area (Å²) < 4.78 is 5.06. The molecule has 0 aliphatic heterocycles. The van der Waals surface area contributed by atoms with Crippen LogP contribution in [0.1, 0.15) is 27.3 Å². The molecule has 4 nitrogen and oxygen atoms in total. The zero-order valence-corrected chi connectivity index (χ0v) is 10.6. The number of ether oxygens (including phenoxy) is 1. The van der Waals surface area contributed by atoms with Crippen LogP contribution in [0.3, 0.4) is 0 Å². The van der Waals surface area contributed by atoms with Crippen molar-refractivity contribution in [2.75, 3.05) is 7.11 Å². The highest BCUT2D eigenvalue weighted by molar-refractivity contribution is 6.09. The van der Waals surface area contributed by atoms with Crippen LogP contribution in [0.2, 0.25) is 0 Å². The Bertz CT molecular complexity index is 577. The number of rotatable bonds is 3. The van der Waals surface area contributed by atoms with Gasteiger partial charge in [-0.25, -0.2) is 0 Å². The van der Waals surface area contributed by atoms with E-state index in [1.807, 2.05) is 6.92 Å². The Morgan fingerprint density at radius 1 is 1.11 bits per heavy atom. The maximum atomic E-state index is 12.3. The fraction of sp³-hybridized carbons (Fsp3) is 0.214. The molecule has 0 amide bonds. The van der Waals surface area contributed by atoms with Crippen molar-refractivity contribution in [3.05, 3.63) is 52.8 Å². The number of aryl methyl sites for hydroxylation is 2. The summed E-state index contributed by atoms with van der Waals surface area (Å²) in [5.74, 6) is 0.681. The SMILES string of the molecule is COc1ccc(C(=O)c2cc(C)nnc2C)cc1. The standard InChI is InChI=1S/C14H14N2O2/c1-9-8-13(10(2)16-15-9)14(17)11-4-6-12(18-3)7-5-11/h4-8H,1-3H3. The number of aromatic nitrogens is 2. The van der Waals surface area contributed by atoms with Gasteiger partial charge in [0.15, 0.2) is 5.78 Å². The van der Waals surface area contributed by atoms with E-state index in [-0.39, 0.29) is 5.78 Å². The topological polar surface area (TPSA) is 52.1 Å². The fourth-order valence-corrected chi connectivity index (χ4v) is 1.68. The Morgan fingerprint density at radius 3 is 2.39 bits per heavy atom. The van der Waals surface area contributed by atoms with E-state index in [1.54, 1.807) is 44.4 Å². The molecule has 92 valence electrons. The molecule has 2 rings (SSSR count). The van der Waals surface area contributed by atoms with Crippen LogP contribution in [-0.4, -0.2) is 23.1 Å². The molecular weight excluding hydrogens is 228 g/mol.